The number of unbranched alkanes of at least 4 members (excludes halogenated alkanes) is 27. The molecule has 51 nitrogen and oxygen atoms in total. The summed E-state index contributed by atoms with van der Waals surface area (Å²) in [6.45, 7) is -2.15. The minimum Gasteiger partial charge on any atom is -0.477 e. The maximum atomic E-state index is 14.7. The maximum Gasteiger partial charge on any atom is 0.364 e. The lowest BCUT2D eigenvalue weighted by molar-refractivity contribution is -0.407. The van der Waals surface area contributed by atoms with Crippen molar-refractivity contribution >= 4 is 47.3 Å². The van der Waals surface area contributed by atoms with Crippen LogP contribution in [0.2, 0.25) is 0 Å². The first-order valence-corrected chi connectivity index (χ1v) is 52.6. The van der Waals surface area contributed by atoms with Crippen molar-refractivity contribution in [1.29, 1.82) is 0 Å². The number of allylic oxidation sites excluding steroid dienone is 1. The van der Waals surface area contributed by atoms with Gasteiger partial charge in [0, 0.05) is 58.8 Å². The Labute approximate surface area is 865 Å². The molecule has 0 aromatic heterocycles. The summed E-state index contributed by atoms with van der Waals surface area (Å²) in [6, 6.07) is -7.45. The Morgan fingerprint density at radius 3 is 1.16 bits per heavy atom. The molecule has 29 N–H and O–H groups in total. The van der Waals surface area contributed by atoms with Crippen molar-refractivity contribution in [2.75, 3.05) is 52.9 Å². The molecule has 7 aliphatic rings. The van der Waals surface area contributed by atoms with Crippen molar-refractivity contribution in [3.8, 4) is 0 Å². The zero-order valence-electron chi connectivity index (χ0n) is 85.9. The van der Waals surface area contributed by atoms with E-state index in [1.807, 2.05) is 0 Å². The third-order valence-corrected chi connectivity index (χ3v) is 28.4. The van der Waals surface area contributed by atoms with Crippen LogP contribution in [0.5, 0.6) is 0 Å². The van der Waals surface area contributed by atoms with Gasteiger partial charge in [-0.25, -0.2) is 14.4 Å². The van der Waals surface area contributed by atoms with Crippen LogP contribution in [0.15, 0.2) is 12.2 Å². The molecular weight excluding hydrogens is 1990 g/mol. The molecule has 0 aromatic carbocycles. The highest BCUT2D eigenvalue weighted by molar-refractivity contribution is 5.79. The SMILES string of the molecule is CCCCCCCCCCCCC/C=C/[C@@H](O)[C@H](CO[C@@H]1O[C@H](CO)[C@@H](O[C@@H]2O[C@H](CO)[C@H](O[C@@H]3O[C@H](CO)[C@H](O)[C@H](O[C@@H]4O[C@H](CO)[C@H](O)[C@H](O)[C@H]4O)[C@H]3CC(C)=O)[C@H](O[C@]3(C(=O)O)C[C@H](O)[C@@H](NC(C)=O)C([C@H](O)[C@@H](CO)O[C@]4(C(=O)O)C[C@H](O)[C@@H](NC(C)=O)C([C@H](O)[C@@H](CO)O[C@]5(C(=O)O)C[C@H](O)[C@@H](NC(C)=O)C([C@H](O)[C@H](O)CO)O5)O4)O3)[C@H]2O)[C@H](O)[C@H]1O)NC(=O)CCCCCCCCCCCCCCCCCCC. The van der Waals surface area contributed by atoms with Crippen molar-refractivity contribution in [3.05, 3.63) is 12.2 Å². The summed E-state index contributed by atoms with van der Waals surface area (Å²) in [5.74, 6) is -24.3. The fraction of sp³-hybridized carbons (Fsp3) is 0.898. The first-order valence-electron chi connectivity index (χ1n) is 52.6. The van der Waals surface area contributed by atoms with Gasteiger partial charge in [-0.1, -0.05) is 193 Å². The van der Waals surface area contributed by atoms with Gasteiger partial charge in [-0.2, -0.15) is 0 Å². The summed E-state index contributed by atoms with van der Waals surface area (Å²) in [7, 11) is 0. The van der Waals surface area contributed by atoms with E-state index in [4.69, 9.17) is 66.3 Å². The van der Waals surface area contributed by atoms with E-state index >= 15 is 0 Å². The van der Waals surface area contributed by atoms with E-state index in [1.165, 1.54) is 96.0 Å². The molecule has 40 atom stereocenters. The molecule has 864 valence electrons. The first kappa shape index (κ1) is 130. The zero-order chi connectivity index (χ0) is 110. The van der Waals surface area contributed by atoms with Crippen molar-refractivity contribution in [3.63, 3.8) is 0 Å². The number of nitrogens with one attached hydrogen (secondary N) is 4. The molecule has 0 radical (unpaired) electrons. The van der Waals surface area contributed by atoms with E-state index in [9.17, 15) is 166 Å². The molecule has 51 heteroatoms. The monoisotopic (exact) mass is 2160 g/mol. The Bertz CT molecular complexity index is 3950. The van der Waals surface area contributed by atoms with E-state index in [0.29, 0.717) is 12.8 Å². The molecule has 7 aliphatic heterocycles. The number of aliphatic hydroxyl groups excluding tert-OH is 22. The number of carboxylic acid groups (broad SMARTS) is 3. The lowest BCUT2D eigenvalue weighted by Crippen LogP contribution is -2.72. The summed E-state index contributed by atoms with van der Waals surface area (Å²) >= 11 is 0. The van der Waals surface area contributed by atoms with Crippen molar-refractivity contribution in [2.45, 2.75) is 497 Å². The van der Waals surface area contributed by atoms with Gasteiger partial charge in [0.15, 0.2) is 25.2 Å². The predicted molar refractivity (Wildman–Crippen MR) is 512 cm³/mol. The summed E-state index contributed by atoms with van der Waals surface area (Å²) in [5, 5.41) is 296. The van der Waals surface area contributed by atoms with Gasteiger partial charge in [0.05, 0.1) is 108 Å². The quantitative estimate of drug-likeness (QED) is 0.0201. The highest BCUT2D eigenvalue weighted by Gasteiger charge is 2.66. The van der Waals surface area contributed by atoms with Crippen molar-refractivity contribution < 1.29 is 232 Å². The molecule has 7 fully saturated rings. The summed E-state index contributed by atoms with van der Waals surface area (Å²) < 4.78 is 84.5. The van der Waals surface area contributed by atoms with Crippen LogP contribution in [-0.2, 0) is 105 Å². The Kier molecular flexibility index (Phi) is 56.6. The van der Waals surface area contributed by atoms with Gasteiger partial charge in [0.1, 0.15) is 146 Å². The molecule has 0 aliphatic carbocycles. The number of hydrogen-bond donors (Lipinski definition) is 29. The number of ether oxygens (including phenoxy) is 14. The summed E-state index contributed by atoms with van der Waals surface area (Å²) in [6.07, 6.45) is -44.4. The Morgan fingerprint density at radius 2 is 0.745 bits per heavy atom. The predicted octanol–water partition coefficient (Wildman–Crippen LogP) is -4.82. The highest BCUT2D eigenvalue weighted by Crippen LogP contribution is 2.46. The molecule has 7 saturated heterocycles. The molecule has 7 rings (SSSR count). The van der Waals surface area contributed by atoms with E-state index in [1.54, 1.807) is 6.08 Å². The molecule has 149 heavy (non-hydrogen) atoms. The Balaban J connectivity index is 1.23. The minimum atomic E-state index is -3.81. The smallest absolute Gasteiger partial charge is 0.364 e. The second kappa shape index (κ2) is 64.8. The molecule has 0 aromatic rings. The van der Waals surface area contributed by atoms with Crippen LogP contribution >= 0.6 is 0 Å². The number of hydrogen-bond acceptors (Lipinski definition) is 44. The molecular formula is C98H170N4O47. The third-order valence-electron chi connectivity index (χ3n) is 28.4. The Hall–Kier alpha value is -5.74. The van der Waals surface area contributed by atoms with Crippen LogP contribution in [0, 0.1) is 5.92 Å². The first-order chi connectivity index (χ1) is 70.9. The molecule has 7 heterocycles. The standard InChI is InChI=1S/C98H170N4O47/c1-7-9-11-13-15-17-19-21-22-23-24-26-28-30-32-34-36-38-68(119)102-56(57(114)37-35-33-31-29-27-25-20-18-16-14-12-10-8-2)50-136-90-80(128)78(126)83(66(48-108)139-90)142-92-81(129)88(84(67(49-109)140-92)143-89-55(39-51(3)110)82(74(122)63(45-105)137-89)141-91-79(127)77(125)73(121)62(44-104)138-91)149-98(95(134)135)42-60(117)71(101-54(6)113)87(148-98)76(124)65(47-107)145-97(94(132)133)41-59(116)70(100-53(5)112)86(147-97)75(123)64(46-106)144-96(93(130)131)40-58(115)69(99-52(4)111)85(146-96)72(120)61(118)43-103/h35,37,55-67,69-92,103-109,114-118,120-129H,7-34,36,38-50H2,1-6H3,(H,99,111)(H,100,112)(H,101,113)(H,102,119)(H,130,131)(H,132,133)(H,134,135)/b37-35+/t55-,56+,57-,58+,59+,60+,61-,62-,63-,64-,65-,66-,67-,69-,70-,71-,72-,73+,74+,75-,76-,77+,78-,79-,80-,81-,82-,83-,84+,85?,86?,87?,88-,89+,90-,91+,92+,96-,97-,98+/m1/s1. The van der Waals surface area contributed by atoms with Crippen LogP contribution in [0.1, 0.15) is 260 Å². The highest BCUT2D eigenvalue weighted by atomic mass is 16.8. The number of carbonyl (C=O) groups excluding carboxylic acids is 5. The number of rotatable bonds is 69. The van der Waals surface area contributed by atoms with Crippen LogP contribution in [0.3, 0.4) is 0 Å². The number of aliphatic hydroxyl groups is 22. The van der Waals surface area contributed by atoms with Gasteiger partial charge < -0.3 is 220 Å². The van der Waals surface area contributed by atoms with Crippen LogP contribution in [-0.4, -0.2) is 465 Å². The minimum absolute atomic E-state index is 0.0563. The van der Waals surface area contributed by atoms with Gasteiger partial charge in [0.25, 0.3) is 17.4 Å². The van der Waals surface area contributed by atoms with E-state index in [2.05, 4.69) is 35.1 Å². The fourth-order valence-corrected chi connectivity index (χ4v) is 20.1. The maximum absolute atomic E-state index is 14.7. The van der Waals surface area contributed by atoms with E-state index in [0.717, 1.165) is 111 Å². The summed E-state index contributed by atoms with van der Waals surface area (Å²) in [4.78, 5) is 108. The average molecular weight is 2160 g/mol. The van der Waals surface area contributed by atoms with Crippen molar-refractivity contribution in [2.24, 2.45) is 5.92 Å². The van der Waals surface area contributed by atoms with Crippen molar-refractivity contribution in [1.82, 2.24) is 21.3 Å². The molecule has 0 bridgehead atoms. The summed E-state index contributed by atoms with van der Waals surface area (Å²) in [5.41, 5.74) is 0. The zero-order valence-corrected chi connectivity index (χ0v) is 85.9. The van der Waals surface area contributed by atoms with Gasteiger partial charge in [0.2, 0.25) is 23.6 Å². The Morgan fingerprint density at radius 1 is 0.383 bits per heavy atom. The number of Topliss-reactive ketones (excluding diaryl/α,β-unsaturated/α-hetero) is 1. The lowest BCUT2D eigenvalue weighted by Gasteiger charge is -2.53. The number of ketones is 1. The van der Waals surface area contributed by atoms with Gasteiger partial charge in [-0.15, -0.1) is 0 Å². The van der Waals surface area contributed by atoms with E-state index < -0.39 is 369 Å². The van der Waals surface area contributed by atoms with Crippen LogP contribution in [0.25, 0.3) is 0 Å². The molecule has 3 unspecified atom stereocenters. The number of carbonyl (C=O) groups is 8. The average Bonchev–Trinajstić information content (AvgIpc) is 0.740. The van der Waals surface area contributed by atoms with Gasteiger partial charge in [-0.05, 0) is 26.2 Å². The largest absolute Gasteiger partial charge is 0.477 e. The molecule has 0 saturated carbocycles. The number of amides is 4. The lowest BCUT2D eigenvalue weighted by atomic mass is 9.86. The molecule has 0 spiro atoms. The third kappa shape index (κ3) is 37.2. The molecule has 4 amide bonds. The van der Waals surface area contributed by atoms with E-state index in [-0.39, 0.29) is 6.42 Å². The topological polar surface area (TPSA) is 820 Å². The fourth-order valence-electron chi connectivity index (χ4n) is 20.1. The number of aliphatic carboxylic acids is 3. The van der Waals surface area contributed by atoms with Gasteiger partial charge in [-0.3, -0.25) is 19.2 Å². The van der Waals surface area contributed by atoms with Crippen LogP contribution < -0.4 is 21.3 Å². The second-order valence-corrected chi connectivity index (χ2v) is 40.3. The second-order valence-electron chi connectivity index (χ2n) is 40.3. The van der Waals surface area contributed by atoms with Crippen LogP contribution in [0.4, 0.5) is 0 Å². The number of carboxylic acids is 3. The van der Waals surface area contributed by atoms with Gasteiger partial charge >= 0.3 is 17.9 Å². The normalized spacial score (nSPS) is 35.2.